The van der Waals surface area contributed by atoms with Crippen molar-refractivity contribution in [2.24, 2.45) is 5.73 Å². The Morgan fingerprint density at radius 3 is 2.35 bits per heavy atom. The first-order chi connectivity index (χ1) is 9.61. The van der Waals surface area contributed by atoms with Gasteiger partial charge in [0.2, 0.25) is 0 Å². The summed E-state index contributed by atoms with van der Waals surface area (Å²) in [6, 6.07) is 7.01. The summed E-state index contributed by atoms with van der Waals surface area (Å²) >= 11 is 0. The molecule has 2 N–H and O–H groups in total. The van der Waals surface area contributed by atoms with Gasteiger partial charge < -0.3 is 5.73 Å². The highest BCUT2D eigenvalue weighted by Crippen LogP contribution is 2.29. The molecule has 0 saturated heterocycles. The van der Waals surface area contributed by atoms with Crippen LogP contribution in [-0.2, 0) is 6.42 Å². The number of aryl methyl sites for hydroxylation is 1. The van der Waals surface area contributed by atoms with E-state index >= 15 is 0 Å². The summed E-state index contributed by atoms with van der Waals surface area (Å²) in [5.74, 6) is 0. The van der Waals surface area contributed by atoms with E-state index in [-0.39, 0.29) is 16.1 Å². The summed E-state index contributed by atoms with van der Waals surface area (Å²) in [6.07, 6.45) is 9.88. The largest absolute Gasteiger partial charge is 0.325 e. The number of hydrogen-bond acceptors (Lipinski definition) is 3. The van der Waals surface area contributed by atoms with E-state index in [4.69, 9.17) is 5.73 Å². The van der Waals surface area contributed by atoms with Crippen molar-refractivity contribution in [1.82, 2.24) is 0 Å². The molecule has 1 aromatic carbocycles. The van der Waals surface area contributed by atoms with Gasteiger partial charge in [0.1, 0.15) is 0 Å². The zero-order valence-electron chi connectivity index (χ0n) is 12.0. The van der Waals surface area contributed by atoms with Crippen molar-refractivity contribution >= 4 is 5.69 Å². The Balaban J connectivity index is 2.01. The second kappa shape index (κ2) is 6.84. The number of nitrogens with zero attached hydrogens (tertiary/aromatic N) is 1. The minimum absolute atomic E-state index is 0.135. The highest BCUT2D eigenvalue weighted by atomic mass is 16.6. The molecule has 0 heterocycles. The standard InChI is InChI=1S/C16H24N2O2/c17-16(11-6-2-1-3-7-12-16)13-10-14-8-4-5-9-15(14)18(19)20/h4-5,8-9H,1-3,6-7,10-13,17H2. The van der Waals surface area contributed by atoms with Crippen LogP contribution < -0.4 is 5.73 Å². The van der Waals surface area contributed by atoms with Crippen molar-refractivity contribution in [3.8, 4) is 0 Å². The predicted molar refractivity (Wildman–Crippen MR) is 80.7 cm³/mol. The zero-order valence-corrected chi connectivity index (χ0v) is 12.0. The minimum Gasteiger partial charge on any atom is -0.325 e. The van der Waals surface area contributed by atoms with Crippen molar-refractivity contribution < 1.29 is 4.92 Å². The van der Waals surface area contributed by atoms with Crippen molar-refractivity contribution in [2.45, 2.75) is 63.3 Å². The lowest BCUT2D eigenvalue weighted by molar-refractivity contribution is -0.385. The molecule has 0 bridgehead atoms. The summed E-state index contributed by atoms with van der Waals surface area (Å²) in [4.78, 5) is 10.7. The second-order valence-corrected chi connectivity index (χ2v) is 6.02. The fraction of sp³-hybridized carbons (Fsp3) is 0.625. The van der Waals surface area contributed by atoms with Crippen LogP contribution >= 0.6 is 0 Å². The van der Waals surface area contributed by atoms with E-state index in [2.05, 4.69) is 0 Å². The molecule has 0 spiro atoms. The third-order valence-electron chi connectivity index (χ3n) is 4.43. The van der Waals surface area contributed by atoms with E-state index in [1.807, 2.05) is 12.1 Å². The summed E-state index contributed by atoms with van der Waals surface area (Å²) in [7, 11) is 0. The van der Waals surface area contributed by atoms with Crippen LogP contribution in [0.4, 0.5) is 5.69 Å². The van der Waals surface area contributed by atoms with Crippen LogP contribution in [0.15, 0.2) is 24.3 Å². The fourth-order valence-electron chi connectivity index (χ4n) is 3.14. The molecule has 4 nitrogen and oxygen atoms in total. The van der Waals surface area contributed by atoms with E-state index in [0.717, 1.165) is 24.8 Å². The van der Waals surface area contributed by atoms with Crippen molar-refractivity contribution in [3.63, 3.8) is 0 Å². The molecule has 1 fully saturated rings. The quantitative estimate of drug-likeness (QED) is 0.668. The van der Waals surface area contributed by atoms with Crippen molar-refractivity contribution in [1.29, 1.82) is 0 Å². The Morgan fingerprint density at radius 1 is 1.10 bits per heavy atom. The molecule has 0 unspecified atom stereocenters. The number of nitro benzene ring substituents is 1. The molecule has 1 aromatic rings. The van der Waals surface area contributed by atoms with E-state index < -0.39 is 0 Å². The molecule has 0 aromatic heterocycles. The number of rotatable bonds is 4. The highest BCUT2D eigenvalue weighted by molar-refractivity contribution is 5.39. The molecule has 110 valence electrons. The van der Waals surface area contributed by atoms with Gasteiger partial charge in [0, 0.05) is 17.2 Å². The Bertz CT molecular complexity index is 452. The topological polar surface area (TPSA) is 69.2 Å². The maximum absolute atomic E-state index is 11.0. The van der Waals surface area contributed by atoms with E-state index in [1.165, 1.54) is 32.1 Å². The van der Waals surface area contributed by atoms with E-state index in [1.54, 1.807) is 12.1 Å². The monoisotopic (exact) mass is 276 g/mol. The summed E-state index contributed by atoms with van der Waals surface area (Å²) in [5.41, 5.74) is 7.43. The molecule has 2 rings (SSSR count). The molecule has 0 atom stereocenters. The van der Waals surface area contributed by atoms with Gasteiger partial charge in [-0.15, -0.1) is 0 Å². The Kier molecular flexibility index (Phi) is 5.12. The molecule has 1 saturated carbocycles. The highest BCUT2D eigenvalue weighted by Gasteiger charge is 2.26. The first-order valence-electron chi connectivity index (χ1n) is 7.62. The molecule has 1 aliphatic carbocycles. The van der Waals surface area contributed by atoms with Crippen LogP contribution in [0, 0.1) is 10.1 Å². The number of nitro groups is 1. The van der Waals surface area contributed by atoms with Crippen LogP contribution in [0.25, 0.3) is 0 Å². The third kappa shape index (κ3) is 4.04. The van der Waals surface area contributed by atoms with Gasteiger partial charge in [-0.25, -0.2) is 0 Å². The van der Waals surface area contributed by atoms with Crippen LogP contribution in [0.3, 0.4) is 0 Å². The third-order valence-corrected chi connectivity index (χ3v) is 4.43. The first kappa shape index (κ1) is 15.0. The van der Waals surface area contributed by atoms with Gasteiger partial charge >= 0.3 is 0 Å². The normalized spacial score (nSPS) is 19.1. The van der Waals surface area contributed by atoms with Gasteiger partial charge in [-0.3, -0.25) is 10.1 Å². The predicted octanol–water partition coefficient (Wildman–Crippen LogP) is 3.97. The molecular formula is C16H24N2O2. The molecule has 4 heteroatoms. The van der Waals surface area contributed by atoms with Gasteiger partial charge in [-0.05, 0) is 25.7 Å². The lowest BCUT2D eigenvalue weighted by Gasteiger charge is -2.31. The average Bonchev–Trinajstić information content (AvgIpc) is 2.42. The average molecular weight is 276 g/mol. The fourth-order valence-corrected chi connectivity index (χ4v) is 3.14. The van der Waals surface area contributed by atoms with Gasteiger partial charge in [-0.1, -0.05) is 50.3 Å². The number of nitrogens with two attached hydrogens (primary N) is 1. The van der Waals surface area contributed by atoms with Crippen LogP contribution in [0.5, 0.6) is 0 Å². The zero-order chi connectivity index (χ0) is 14.4. The van der Waals surface area contributed by atoms with Gasteiger partial charge in [0.15, 0.2) is 0 Å². The molecule has 20 heavy (non-hydrogen) atoms. The summed E-state index contributed by atoms with van der Waals surface area (Å²) < 4.78 is 0. The number of hydrogen-bond donors (Lipinski definition) is 1. The Morgan fingerprint density at radius 2 is 1.70 bits per heavy atom. The SMILES string of the molecule is NC1(CCc2ccccc2[N+](=O)[O-])CCCCCCC1. The Labute approximate surface area is 120 Å². The lowest BCUT2D eigenvalue weighted by atomic mass is 9.80. The van der Waals surface area contributed by atoms with Crippen LogP contribution in [-0.4, -0.2) is 10.5 Å². The van der Waals surface area contributed by atoms with Gasteiger partial charge in [0.05, 0.1) is 4.92 Å². The smallest absolute Gasteiger partial charge is 0.272 e. The number of benzene rings is 1. The van der Waals surface area contributed by atoms with Gasteiger partial charge in [-0.2, -0.15) is 0 Å². The Hall–Kier alpha value is -1.42. The van der Waals surface area contributed by atoms with Crippen LogP contribution in [0.1, 0.15) is 56.9 Å². The maximum Gasteiger partial charge on any atom is 0.272 e. The summed E-state index contributed by atoms with van der Waals surface area (Å²) in [5, 5.41) is 11.0. The minimum atomic E-state index is -0.295. The molecule has 0 aliphatic heterocycles. The molecular weight excluding hydrogens is 252 g/mol. The number of para-hydroxylation sites is 1. The lowest BCUT2D eigenvalue weighted by Crippen LogP contribution is -2.40. The van der Waals surface area contributed by atoms with Gasteiger partial charge in [0.25, 0.3) is 5.69 Å². The van der Waals surface area contributed by atoms with Crippen molar-refractivity contribution in [3.05, 3.63) is 39.9 Å². The molecule has 1 aliphatic rings. The molecule has 0 amide bonds. The van der Waals surface area contributed by atoms with Crippen molar-refractivity contribution in [2.75, 3.05) is 0 Å². The maximum atomic E-state index is 11.0. The second-order valence-electron chi connectivity index (χ2n) is 6.02. The van der Waals surface area contributed by atoms with Crippen LogP contribution in [0.2, 0.25) is 0 Å². The first-order valence-corrected chi connectivity index (χ1v) is 7.62. The van der Waals surface area contributed by atoms with E-state index in [0.29, 0.717) is 6.42 Å². The molecule has 0 radical (unpaired) electrons. The summed E-state index contributed by atoms with van der Waals surface area (Å²) in [6.45, 7) is 0. The van der Waals surface area contributed by atoms with E-state index in [9.17, 15) is 10.1 Å².